The molecule has 0 spiro atoms. The molecule has 0 saturated carbocycles. The van der Waals surface area contributed by atoms with Gasteiger partial charge in [0.1, 0.15) is 0 Å². The number of nitrogens with zero attached hydrogens (tertiary/aromatic N) is 3. The normalized spacial score (nSPS) is 24.6. The first-order valence-corrected chi connectivity index (χ1v) is 12.4. The quantitative estimate of drug-likeness (QED) is 0.744. The van der Waals surface area contributed by atoms with Crippen LogP contribution in [0.2, 0.25) is 0 Å². The van der Waals surface area contributed by atoms with Crippen LogP contribution in [0.3, 0.4) is 0 Å². The van der Waals surface area contributed by atoms with Crippen LogP contribution in [0.25, 0.3) is 0 Å². The third kappa shape index (κ3) is 5.34. The van der Waals surface area contributed by atoms with Crippen LogP contribution in [0.15, 0.2) is 24.3 Å². The van der Waals surface area contributed by atoms with Gasteiger partial charge in [-0.3, -0.25) is 4.79 Å². The van der Waals surface area contributed by atoms with E-state index in [-0.39, 0.29) is 24.4 Å². The lowest BCUT2D eigenvalue weighted by Crippen LogP contribution is -2.49. The average Bonchev–Trinajstić information content (AvgIpc) is 2.73. The van der Waals surface area contributed by atoms with Crippen molar-refractivity contribution in [3.05, 3.63) is 29.8 Å². The van der Waals surface area contributed by atoms with Crippen molar-refractivity contribution in [1.82, 2.24) is 13.9 Å². The number of amides is 1. The molecule has 0 radical (unpaired) electrons. The van der Waals surface area contributed by atoms with Gasteiger partial charge in [0.2, 0.25) is 5.91 Å². The summed E-state index contributed by atoms with van der Waals surface area (Å²) in [5.41, 5.74) is 2.30. The Morgan fingerprint density at radius 2 is 1.77 bits per heavy atom. The molecule has 1 aromatic rings. The molecule has 2 saturated heterocycles. The van der Waals surface area contributed by atoms with E-state index in [0.29, 0.717) is 19.4 Å². The Labute approximate surface area is 181 Å². The molecule has 2 aliphatic rings. The second-order valence-corrected chi connectivity index (χ2v) is 11.1. The number of piperidine rings is 2. The Hall–Kier alpha value is -1.64. The Morgan fingerprint density at radius 3 is 2.40 bits per heavy atom. The number of anilines is 1. The molecular weight excluding hydrogens is 400 g/mol. The van der Waals surface area contributed by atoms with Crippen LogP contribution in [0.1, 0.15) is 51.1 Å². The van der Waals surface area contributed by atoms with Crippen molar-refractivity contribution in [2.45, 2.75) is 45.6 Å². The Balaban J connectivity index is 1.58. The third-order valence-electron chi connectivity index (χ3n) is 6.32. The lowest BCUT2D eigenvalue weighted by Gasteiger charge is -2.33. The molecule has 1 amide bonds. The van der Waals surface area contributed by atoms with E-state index >= 15 is 0 Å². The number of rotatable bonds is 6. The first-order valence-electron chi connectivity index (χ1n) is 11.0. The van der Waals surface area contributed by atoms with Crippen LogP contribution in [-0.4, -0.2) is 63.2 Å². The fourth-order valence-corrected chi connectivity index (χ4v) is 5.60. The largest absolute Gasteiger partial charge is 0.371 e. The molecule has 0 aliphatic carbocycles. The highest BCUT2D eigenvalue weighted by atomic mass is 32.2. The van der Waals surface area contributed by atoms with Gasteiger partial charge in [-0.1, -0.05) is 19.1 Å². The molecule has 2 heterocycles. The molecule has 7 nitrogen and oxygen atoms in total. The molecule has 3 rings (SSSR count). The molecule has 1 N–H and O–H groups in total. The molecule has 30 heavy (non-hydrogen) atoms. The monoisotopic (exact) mass is 436 g/mol. The number of nitrogens with one attached hydrogen (secondary N) is 1. The average molecular weight is 437 g/mol. The van der Waals surface area contributed by atoms with Crippen molar-refractivity contribution in [3.8, 4) is 0 Å². The van der Waals surface area contributed by atoms with Crippen LogP contribution in [0.5, 0.6) is 0 Å². The summed E-state index contributed by atoms with van der Waals surface area (Å²) in [5, 5.41) is 3.09. The summed E-state index contributed by atoms with van der Waals surface area (Å²) in [6.45, 7) is 7.19. The SMILES string of the molecule is C[C@@H]1CCCN(c2ccc([C@@H](C)NC(=O)[C@@H]3CCCN(S(=O)(=O)N(C)C)C3)cc2)C1. The summed E-state index contributed by atoms with van der Waals surface area (Å²) < 4.78 is 27.4. The van der Waals surface area contributed by atoms with Gasteiger partial charge in [-0.05, 0) is 56.2 Å². The predicted octanol–water partition coefficient (Wildman–Crippen LogP) is 2.62. The van der Waals surface area contributed by atoms with E-state index in [1.54, 1.807) is 0 Å². The van der Waals surface area contributed by atoms with Gasteiger partial charge in [-0.2, -0.15) is 17.0 Å². The van der Waals surface area contributed by atoms with Gasteiger partial charge < -0.3 is 10.2 Å². The summed E-state index contributed by atoms with van der Waals surface area (Å²) in [7, 11) is -0.438. The van der Waals surface area contributed by atoms with Crippen molar-refractivity contribution in [3.63, 3.8) is 0 Å². The molecule has 3 atom stereocenters. The molecule has 2 aliphatic heterocycles. The van der Waals surface area contributed by atoms with Crippen molar-refractivity contribution >= 4 is 21.8 Å². The molecule has 0 bridgehead atoms. The number of carbonyl (C=O) groups is 1. The molecule has 0 aromatic heterocycles. The number of carbonyl (C=O) groups excluding carboxylic acids is 1. The third-order valence-corrected chi connectivity index (χ3v) is 8.22. The summed E-state index contributed by atoms with van der Waals surface area (Å²) in [6, 6.07) is 8.34. The van der Waals surface area contributed by atoms with E-state index < -0.39 is 10.2 Å². The molecule has 0 unspecified atom stereocenters. The fraction of sp³-hybridized carbons (Fsp3) is 0.682. The summed E-state index contributed by atoms with van der Waals surface area (Å²) in [5.74, 6) is 0.336. The zero-order valence-corrected chi connectivity index (χ0v) is 19.5. The van der Waals surface area contributed by atoms with Crippen LogP contribution in [0.4, 0.5) is 5.69 Å². The topological polar surface area (TPSA) is 73.0 Å². The van der Waals surface area contributed by atoms with Gasteiger partial charge in [-0.25, -0.2) is 0 Å². The second kappa shape index (κ2) is 9.66. The van der Waals surface area contributed by atoms with E-state index in [0.717, 1.165) is 24.6 Å². The lowest BCUT2D eigenvalue weighted by atomic mass is 9.97. The highest BCUT2D eigenvalue weighted by Crippen LogP contribution is 2.25. The van der Waals surface area contributed by atoms with Gasteiger partial charge in [0.05, 0.1) is 12.0 Å². The first-order chi connectivity index (χ1) is 14.2. The zero-order valence-electron chi connectivity index (χ0n) is 18.7. The molecule has 8 heteroatoms. The van der Waals surface area contributed by atoms with Crippen LogP contribution >= 0.6 is 0 Å². The van der Waals surface area contributed by atoms with Gasteiger partial charge in [0, 0.05) is 46.0 Å². The van der Waals surface area contributed by atoms with E-state index in [9.17, 15) is 13.2 Å². The summed E-state index contributed by atoms with van der Waals surface area (Å²) in [4.78, 5) is 15.3. The van der Waals surface area contributed by atoms with Crippen molar-refractivity contribution < 1.29 is 13.2 Å². The molecular formula is C22H36N4O3S. The van der Waals surface area contributed by atoms with Crippen molar-refractivity contribution in [2.75, 3.05) is 45.2 Å². The van der Waals surface area contributed by atoms with Crippen LogP contribution in [-0.2, 0) is 15.0 Å². The van der Waals surface area contributed by atoms with Gasteiger partial charge in [-0.15, -0.1) is 0 Å². The fourth-order valence-electron chi connectivity index (χ4n) is 4.41. The first kappa shape index (κ1) is 23.0. The number of hydrogen-bond acceptors (Lipinski definition) is 4. The van der Waals surface area contributed by atoms with Crippen molar-refractivity contribution in [2.24, 2.45) is 11.8 Å². The summed E-state index contributed by atoms with van der Waals surface area (Å²) >= 11 is 0. The minimum absolute atomic E-state index is 0.0740. The maximum absolute atomic E-state index is 12.8. The van der Waals surface area contributed by atoms with Gasteiger partial charge >= 0.3 is 0 Å². The molecule has 168 valence electrons. The molecule has 2 fully saturated rings. The maximum Gasteiger partial charge on any atom is 0.281 e. The predicted molar refractivity (Wildman–Crippen MR) is 121 cm³/mol. The molecule has 1 aromatic carbocycles. The standard InChI is InChI=1S/C22H36N4O3S/c1-17-7-5-13-25(15-17)21-11-9-19(10-12-21)18(2)23-22(27)20-8-6-14-26(16-20)30(28,29)24(3)4/h9-12,17-18,20H,5-8,13-16H2,1-4H3,(H,23,27)/t17-,18-,20-/m1/s1. The van der Waals surface area contributed by atoms with Crippen LogP contribution in [0, 0.1) is 11.8 Å². The maximum atomic E-state index is 12.8. The van der Waals surface area contributed by atoms with E-state index in [1.807, 2.05) is 6.92 Å². The smallest absolute Gasteiger partial charge is 0.281 e. The highest BCUT2D eigenvalue weighted by molar-refractivity contribution is 7.86. The summed E-state index contributed by atoms with van der Waals surface area (Å²) in [6.07, 6.45) is 3.94. The Bertz CT molecular complexity index is 825. The lowest BCUT2D eigenvalue weighted by molar-refractivity contribution is -0.126. The van der Waals surface area contributed by atoms with Crippen LogP contribution < -0.4 is 10.2 Å². The minimum Gasteiger partial charge on any atom is -0.371 e. The Kier molecular flexibility index (Phi) is 7.42. The zero-order chi connectivity index (χ0) is 21.9. The number of hydrogen-bond donors (Lipinski definition) is 1. The second-order valence-electron chi connectivity index (χ2n) is 9.00. The van der Waals surface area contributed by atoms with Gasteiger partial charge in [0.15, 0.2) is 0 Å². The van der Waals surface area contributed by atoms with Gasteiger partial charge in [0.25, 0.3) is 10.2 Å². The van der Waals surface area contributed by atoms with E-state index in [2.05, 4.69) is 41.4 Å². The van der Waals surface area contributed by atoms with E-state index in [4.69, 9.17) is 0 Å². The Morgan fingerprint density at radius 1 is 1.10 bits per heavy atom. The van der Waals surface area contributed by atoms with Crippen molar-refractivity contribution in [1.29, 1.82) is 0 Å². The number of benzene rings is 1. The highest BCUT2D eigenvalue weighted by Gasteiger charge is 2.33. The minimum atomic E-state index is -3.48. The van der Waals surface area contributed by atoms with E-state index in [1.165, 1.54) is 41.2 Å².